The van der Waals surface area contributed by atoms with Crippen molar-refractivity contribution in [1.82, 2.24) is 0 Å². The standard InChI is InChI=1S/C20H24O6S/c1-15-7-10-19(11-8-15)27(22,23)26-14-17(9-12-20(21)25-3)16-5-4-6-18(13-16)24-2/h4-8,10-11,13,17H,9,12,14H2,1-3H3. The summed E-state index contributed by atoms with van der Waals surface area (Å²) in [5.41, 5.74) is 1.79. The van der Waals surface area contributed by atoms with Crippen LogP contribution in [-0.2, 0) is 23.8 Å². The molecule has 0 amide bonds. The van der Waals surface area contributed by atoms with Crippen molar-refractivity contribution in [2.45, 2.75) is 30.6 Å². The van der Waals surface area contributed by atoms with Gasteiger partial charge in [0.2, 0.25) is 0 Å². The zero-order valence-electron chi connectivity index (χ0n) is 15.7. The number of esters is 1. The van der Waals surface area contributed by atoms with Gasteiger partial charge in [0.15, 0.2) is 0 Å². The summed E-state index contributed by atoms with van der Waals surface area (Å²) in [6, 6.07) is 13.7. The van der Waals surface area contributed by atoms with Crippen LogP contribution in [-0.4, -0.2) is 35.2 Å². The average molecular weight is 392 g/mol. The van der Waals surface area contributed by atoms with E-state index in [0.29, 0.717) is 12.2 Å². The molecule has 7 heteroatoms. The Bertz CT molecular complexity index is 858. The maximum absolute atomic E-state index is 12.5. The molecule has 0 spiro atoms. The minimum Gasteiger partial charge on any atom is -0.497 e. The first-order valence-electron chi connectivity index (χ1n) is 8.52. The van der Waals surface area contributed by atoms with Gasteiger partial charge in [0.1, 0.15) is 5.75 Å². The van der Waals surface area contributed by atoms with Crippen LogP contribution in [0, 0.1) is 6.92 Å². The zero-order chi connectivity index (χ0) is 19.9. The van der Waals surface area contributed by atoms with Gasteiger partial charge in [-0.15, -0.1) is 0 Å². The molecule has 2 aromatic rings. The maximum Gasteiger partial charge on any atom is 0.305 e. The number of aryl methyl sites for hydroxylation is 1. The quantitative estimate of drug-likeness (QED) is 0.480. The Balaban J connectivity index is 2.17. The van der Waals surface area contributed by atoms with E-state index in [9.17, 15) is 13.2 Å². The second-order valence-electron chi connectivity index (χ2n) is 6.14. The molecule has 0 aromatic heterocycles. The van der Waals surface area contributed by atoms with Crippen molar-refractivity contribution >= 4 is 16.1 Å². The zero-order valence-corrected chi connectivity index (χ0v) is 16.5. The second kappa shape index (κ2) is 9.53. The molecule has 0 bridgehead atoms. The lowest BCUT2D eigenvalue weighted by Gasteiger charge is -2.18. The van der Waals surface area contributed by atoms with Crippen LogP contribution in [0.5, 0.6) is 5.75 Å². The van der Waals surface area contributed by atoms with E-state index in [4.69, 9.17) is 8.92 Å². The Labute approximate surface area is 160 Å². The molecule has 6 nitrogen and oxygen atoms in total. The summed E-state index contributed by atoms with van der Waals surface area (Å²) in [6.45, 7) is 1.79. The van der Waals surface area contributed by atoms with E-state index in [2.05, 4.69) is 4.74 Å². The molecule has 2 rings (SSSR count). The van der Waals surface area contributed by atoms with Crippen molar-refractivity contribution < 1.29 is 26.9 Å². The molecule has 0 aliphatic rings. The Hall–Kier alpha value is -2.38. The molecule has 0 aliphatic heterocycles. The molecule has 0 radical (unpaired) electrons. The predicted molar refractivity (Wildman–Crippen MR) is 101 cm³/mol. The van der Waals surface area contributed by atoms with Gasteiger partial charge >= 0.3 is 5.97 Å². The van der Waals surface area contributed by atoms with Gasteiger partial charge in [0.05, 0.1) is 25.7 Å². The summed E-state index contributed by atoms with van der Waals surface area (Å²) >= 11 is 0. The van der Waals surface area contributed by atoms with Crippen LogP contribution in [0.3, 0.4) is 0 Å². The summed E-state index contributed by atoms with van der Waals surface area (Å²) in [4.78, 5) is 11.6. The predicted octanol–water partition coefficient (Wildman–Crippen LogP) is 3.45. The number of carbonyl (C=O) groups excluding carboxylic acids is 1. The van der Waals surface area contributed by atoms with Crippen LogP contribution in [0.1, 0.15) is 29.9 Å². The average Bonchev–Trinajstić information content (AvgIpc) is 2.68. The van der Waals surface area contributed by atoms with E-state index in [0.717, 1.165) is 11.1 Å². The molecule has 0 fully saturated rings. The fourth-order valence-corrected chi connectivity index (χ4v) is 3.53. The van der Waals surface area contributed by atoms with Crippen molar-refractivity contribution in [2.24, 2.45) is 0 Å². The number of hydrogen-bond donors (Lipinski definition) is 0. The number of methoxy groups -OCH3 is 2. The SMILES string of the molecule is COC(=O)CCC(COS(=O)(=O)c1ccc(C)cc1)c1cccc(OC)c1. The molecule has 0 saturated heterocycles. The van der Waals surface area contributed by atoms with Crippen LogP contribution in [0.15, 0.2) is 53.4 Å². The van der Waals surface area contributed by atoms with E-state index in [1.165, 1.54) is 19.2 Å². The van der Waals surface area contributed by atoms with Gasteiger partial charge in [-0.1, -0.05) is 29.8 Å². The largest absolute Gasteiger partial charge is 0.497 e. The van der Waals surface area contributed by atoms with Gasteiger partial charge in [0, 0.05) is 12.3 Å². The topological polar surface area (TPSA) is 78.9 Å². The monoisotopic (exact) mass is 392 g/mol. The van der Waals surface area contributed by atoms with E-state index in [1.54, 1.807) is 25.3 Å². The lowest BCUT2D eigenvalue weighted by atomic mass is 9.95. The van der Waals surface area contributed by atoms with Crippen LogP contribution in [0.4, 0.5) is 0 Å². The normalized spacial score (nSPS) is 12.4. The summed E-state index contributed by atoms with van der Waals surface area (Å²) in [5.74, 6) is -0.0133. The smallest absolute Gasteiger partial charge is 0.305 e. The summed E-state index contributed by atoms with van der Waals surface area (Å²) < 4.78 is 40.1. The van der Waals surface area contributed by atoms with Crippen molar-refractivity contribution in [2.75, 3.05) is 20.8 Å². The highest BCUT2D eigenvalue weighted by molar-refractivity contribution is 7.86. The number of rotatable bonds is 9. The highest BCUT2D eigenvalue weighted by Gasteiger charge is 2.21. The Kier molecular flexibility index (Phi) is 7.38. The first-order valence-corrected chi connectivity index (χ1v) is 9.93. The van der Waals surface area contributed by atoms with Crippen molar-refractivity contribution in [3.8, 4) is 5.75 Å². The Morgan fingerprint density at radius 2 is 1.78 bits per heavy atom. The third-order valence-electron chi connectivity index (χ3n) is 4.22. The van der Waals surface area contributed by atoms with Gasteiger partial charge in [-0.25, -0.2) is 0 Å². The van der Waals surface area contributed by atoms with Gasteiger partial charge in [-0.05, 0) is 43.2 Å². The molecule has 1 unspecified atom stereocenters. The fraction of sp³-hybridized carbons (Fsp3) is 0.350. The third kappa shape index (κ3) is 6.08. The van der Waals surface area contributed by atoms with Gasteiger partial charge in [-0.3, -0.25) is 8.98 Å². The van der Waals surface area contributed by atoms with E-state index < -0.39 is 10.1 Å². The summed E-state index contributed by atoms with van der Waals surface area (Å²) in [5, 5.41) is 0. The van der Waals surface area contributed by atoms with E-state index in [1.807, 2.05) is 25.1 Å². The van der Waals surface area contributed by atoms with Crippen LogP contribution in [0.25, 0.3) is 0 Å². The van der Waals surface area contributed by atoms with Crippen LogP contribution in [0.2, 0.25) is 0 Å². The van der Waals surface area contributed by atoms with Crippen LogP contribution >= 0.6 is 0 Å². The summed E-state index contributed by atoms with van der Waals surface area (Å²) in [7, 11) is -1.01. The molecule has 2 aromatic carbocycles. The number of ether oxygens (including phenoxy) is 2. The molecular weight excluding hydrogens is 368 g/mol. The highest BCUT2D eigenvalue weighted by atomic mass is 32.2. The van der Waals surface area contributed by atoms with Crippen LogP contribution < -0.4 is 4.74 Å². The lowest BCUT2D eigenvalue weighted by molar-refractivity contribution is -0.140. The maximum atomic E-state index is 12.5. The minimum absolute atomic E-state index is 0.0830. The number of hydrogen-bond acceptors (Lipinski definition) is 6. The van der Waals surface area contributed by atoms with Crippen molar-refractivity contribution in [1.29, 1.82) is 0 Å². The van der Waals surface area contributed by atoms with Crippen molar-refractivity contribution in [3.05, 3.63) is 59.7 Å². The van der Waals surface area contributed by atoms with Crippen molar-refractivity contribution in [3.63, 3.8) is 0 Å². The number of benzene rings is 2. The molecule has 0 N–H and O–H groups in total. The molecule has 0 heterocycles. The minimum atomic E-state index is -3.89. The van der Waals surface area contributed by atoms with Gasteiger partial charge in [-0.2, -0.15) is 8.42 Å². The molecule has 0 aliphatic carbocycles. The van der Waals surface area contributed by atoms with Gasteiger partial charge in [0.25, 0.3) is 10.1 Å². The highest BCUT2D eigenvalue weighted by Crippen LogP contribution is 2.27. The molecule has 146 valence electrons. The number of carbonyl (C=O) groups is 1. The van der Waals surface area contributed by atoms with E-state index >= 15 is 0 Å². The van der Waals surface area contributed by atoms with Gasteiger partial charge < -0.3 is 9.47 Å². The second-order valence-corrected chi connectivity index (χ2v) is 7.76. The molecule has 1 atom stereocenters. The Morgan fingerprint density at radius 3 is 2.41 bits per heavy atom. The fourth-order valence-electron chi connectivity index (χ4n) is 2.58. The molecule has 27 heavy (non-hydrogen) atoms. The summed E-state index contributed by atoms with van der Waals surface area (Å²) in [6.07, 6.45) is 0.551. The first kappa shape index (κ1) is 20.9. The third-order valence-corrected chi connectivity index (χ3v) is 5.52. The molecule has 0 saturated carbocycles. The Morgan fingerprint density at radius 1 is 1.07 bits per heavy atom. The first-order chi connectivity index (χ1) is 12.9. The lowest BCUT2D eigenvalue weighted by Crippen LogP contribution is -2.15. The van der Waals surface area contributed by atoms with E-state index in [-0.39, 0.29) is 29.8 Å². The molecular formula is C20H24O6S.